The molecule has 0 radical (unpaired) electrons. The molecule has 0 bridgehead atoms. The van der Waals surface area contributed by atoms with Crippen LogP contribution >= 0.6 is 0 Å². The van der Waals surface area contributed by atoms with Gasteiger partial charge in [0, 0.05) is 11.6 Å². The number of aromatic nitrogens is 2. The van der Waals surface area contributed by atoms with Crippen LogP contribution < -0.4 is 10.4 Å². The fraction of sp³-hybridized carbons (Fsp3) is 0.133. The molecule has 23 heavy (non-hydrogen) atoms. The van der Waals surface area contributed by atoms with E-state index in [2.05, 4.69) is 14.7 Å². The molecule has 2 aromatic carbocycles. The lowest BCUT2D eigenvalue weighted by molar-refractivity contribution is 0.550. The zero-order chi connectivity index (χ0) is 16.6. The minimum Gasteiger partial charge on any atom is -0.306 e. The van der Waals surface area contributed by atoms with Gasteiger partial charge >= 0.3 is 5.69 Å². The molecule has 3 aromatic rings. The molecule has 1 heterocycles. The summed E-state index contributed by atoms with van der Waals surface area (Å²) in [6.07, 6.45) is 0. The third-order valence-electron chi connectivity index (χ3n) is 3.50. The van der Waals surface area contributed by atoms with E-state index in [0.717, 1.165) is 0 Å². The third-order valence-corrected chi connectivity index (χ3v) is 5.04. The van der Waals surface area contributed by atoms with Crippen LogP contribution in [0.4, 0.5) is 4.39 Å². The molecular formula is C15H14FN3O3S. The van der Waals surface area contributed by atoms with E-state index in [1.165, 1.54) is 36.4 Å². The van der Waals surface area contributed by atoms with Crippen molar-refractivity contribution in [2.75, 3.05) is 0 Å². The zero-order valence-corrected chi connectivity index (χ0v) is 12.9. The SMILES string of the molecule is C[C@H](NS(=O)(=O)c1ccc2[nH]c(=O)[nH]c2c1)c1ccccc1F. The van der Waals surface area contributed by atoms with E-state index in [1.807, 2.05) is 0 Å². The topological polar surface area (TPSA) is 94.8 Å². The van der Waals surface area contributed by atoms with Crippen LogP contribution in [0.1, 0.15) is 18.5 Å². The molecule has 0 saturated heterocycles. The molecule has 0 saturated carbocycles. The Kier molecular flexibility index (Phi) is 3.78. The number of sulfonamides is 1. The van der Waals surface area contributed by atoms with Crippen molar-refractivity contribution in [1.82, 2.24) is 14.7 Å². The van der Waals surface area contributed by atoms with Gasteiger partial charge < -0.3 is 9.97 Å². The number of hydrogen-bond acceptors (Lipinski definition) is 3. The molecule has 0 amide bonds. The quantitative estimate of drug-likeness (QED) is 0.681. The van der Waals surface area contributed by atoms with Crippen molar-refractivity contribution in [3.63, 3.8) is 0 Å². The molecule has 8 heteroatoms. The Morgan fingerprint density at radius 2 is 1.78 bits per heavy atom. The number of nitrogens with one attached hydrogen (secondary N) is 3. The fourth-order valence-electron chi connectivity index (χ4n) is 2.37. The van der Waals surface area contributed by atoms with E-state index in [9.17, 15) is 17.6 Å². The molecule has 0 spiro atoms. The maximum Gasteiger partial charge on any atom is 0.323 e. The number of H-pyrrole nitrogens is 2. The first-order valence-electron chi connectivity index (χ1n) is 6.85. The summed E-state index contributed by atoms with van der Waals surface area (Å²) in [6, 6.07) is 9.46. The van der Waals surface area contributed by atoms with Crippen LogP contribution in [0.2, 0.25) is 0 Å². The number of aromatic amines is 2. The summed E-state index contributed by atoms with van der Waals surface area (Å²) >= 11 is 0. The van der Waals surface area contributed by atoms with E-state index in [0.29, 0.717) is 11.0 Å². The summed E-state index contributed by atoms with van der Waals surface area (Å²) in [6.45, 7) is 1.56. The predicted molar refractivity (Wildman–Crippen MR) is 84.1 cm³/mol. The Balaban J connectivity index is 1.93. The van der Waals surface area contributed by atoms with Gasteiger partial charge in [-0.3, -0.25) is 0 Å². The Hall–Kier alpha value is -2.45. The smallest absolute Gasteiger partial charge is 0.306 e. The van der Waals surface area contributed by atoms with E-state index in [1.54, 1.807) is 13.0 Å². The molecule has 6 nitrogen and oxygen atoms in total. The first kappa shape index (κ1) is 15.4. The minimum absolute atomic E-state index is 0.0107. The van der Waals surface area contributed by atoms with Crippen LogP contribution in [0, 0.1) is 5.82 Å². The summed E-state index contributed by atoms with van der Waals surface area (Å²) in [5.74, 6) is -0.479. The van der Waals surface area contributed by atoms with Gasteiger partial charge in [-0.2, -0.15) is 0 Å². The van der Waals surface area contributed by atoms with Crippen LogP contribution in [0.3, 0.4) is 0 Å². The molecule has 1 aromatic heterocycles. The van der Waals surface area contributed by atoms with E-state index < -0.39 is 27.6 Å². The molecule has 3 rings (SSSR count). The highest BCUT2D eigenvalue weighted by atomic mass is 32.2. The zero-order valence-electron chi connectivity index (χ0n) is 12.1. The number of hydrogen-bond donors (Lipinski definition) is 3. The lowest BCUT2D eigenvalue weighted by Gasteiger charge is -2.15. The fourth-order valence-corrected chi connectivity index (χ4v) is 3.62. The summed E-state index contributed by atoms with van der Waals surface area (Å²) < 4.78 is 41.1. The molecule has 120 valence electrons. The monoisotopic (exact) mass is 335 g/mol. The molecule has 1 atom stereocenters. The van der Waals surface area contributed by atoms with Gasteiger partial charge in [0.15, 0.2) is 0 Å². The molecule has 0 fully saturated rings. The molecule has 0 aliphatic rings. The van der Waals surface area contributed by atoms with Crippen molar-refractivity contribution in [2.24, 2.45) is 0 Å². The van der Waals surface area contributed by atoms with Gasteiger partial charge in [0.25, 0.3) is 0 Å². The largest absolute Gasteiger partial charge is 0.323 e. The standard InChI is InChI=1S/C15H14FN3O3S/c1-9(11-4-2-3-5-12(11)16)19-23(21,22)10-6-7-13-14(8-10)18-15(20)17-13/h2-9,19H,1H3,(H2,17,18,20)/t9-/m0/s1. The second-order valence-electron chi connectivity index (χ2n) is 5.15. The Morgan fingerprint density at radius 1 is 1.09 bits per heavy atom. The highest BCUT2D eigenvalue weighted by Crippen LogP contribution is 2.20. The summed E-state index contributed by atoms with van der Waals surface area (Å²) in [7, 11) is -3.86. The van der Waals surface area contributed by atoms with Crippen LogP contribution in [-0.2, 0) is 10.0 Å². The Bertz CT molecular complexity index is 1020. The van der Waals surface area contributed by atoms with Crippen molar-refractivity contribution >= 4 is 21.1 Å². The van der Waals surface area contributed by atoms with Crippen LogP contribution in [0.5, 0.6) is 0 Å². The minimum atomic E-state index is -3.86. The highest BCUT2D eigenvalue weighted by molar-refractivity contribution is 7.89. The van der Waals surface area contributed by atoms with Gasteiger partial charge in [0.2, 0.25) is 10.0 Å². The predicted octanol–water partition coefficient (Wildman–Crippen LogP) is 2.03. The lowest BCUT2D eigenvalue weighted by atomic mass is 10.1. The summed E-state index contributed by atoms with van der Waals surface area (Å²) in [5, 5.41) is 0. The van der Waals surface area contributed by atoms with E-state index >= 15 is 0 Å². The van der Waals surface area contributed by atoms with Gasteiger partial charge in [0.1, 0.15) is 5.82 Å². The maximum atomic E-state index is 13.8. The highest BCUT2D eigenvalue weighted by Gasteiger charge is 2.20. The normalized spacial score (nSPS) is 13.3. The van der Waals surface area contributed by atoms with Crippen molar-refractivity contribution in [3.05, 3.63) is 64.3 Å². The Morgan fingerprint density at radius 3 is 2.52 bits per heavy atom. The summed E-state index contributed by atoms with van der Waals surface area (Å²) in [4.78, 5) is 16.3. The van der Waals surface area contributed by atoms with Crippen LogP contribution in [-0.4, -0.2) is 18.4 Å². The average molecular weight is 335 g/mol. The maximum absolute atomic E-state index is 13.8. The number of halogens is 1. The molecular weight excluding hydrogens is 321 g/mol. The number of rotatable bonds is 4. The first-order chi connectivity index (χ1) is 10.9. The lowest BCUT2D eigenvalue weighted by Crippen LogP contribution is -2.27. The van der Waals surface area contributed by atoms with Gasteiger partial charge in [-0.05, 0) is 31.2 Å². The van der Waals surface area contributed by atoms with E-state index in [-0.39, 0.29) is 10.5 Å². The van der Waals surface area contributed by atoms with E-state index in [4.69, 9.17) is 0 Å². The number of benzene rings is 2. The second kappa shape index (κ2) is 5.64. The molecule has 0 aliphatic carbocycles. The van der Waals surface area contributed by atoms with Crippen LogP contribution in [0.15, 0.2) is 52.2 Å². The molecule has 3 N–H and O–H groups in total. The first-order valence-corrected chi connectivity index (χ1v) is 8.34. The molecule has 0 aliphatic heterocycles. The Labute approximate surface area is 131 Å². The van der Waals surface area contributed by atoms with Gasteiger partial charge in [-0.1, -0.05) is 18.2 Å². The average Bonchev–Trinajstić information content (AvgIpc) is 2.86. The van der Waals surface area contributed by atoms with Gasteiger partial charge in [0.05, 0.1) is 15.9 Å². The van der Waals surface area contributed by atoms with Crippen molar-refractivity contribution < 1.29 is 12.8 Å². The van der Waals surface area contributed by atoms with Crippen LogP contribution in [0.25, 0.3) is 11.0 Å². The van der Waals surface area contributed by atoms with Gasteiger partial charge in [-0.25, -0.2) is 22.3 Å². The molecule has 0 unspecified atom stereocenters. The van der Waals surface area contributed by atoms with Crippen molar-refractivity contribution in [2.45, 2.75) is 17.9 Å². The van der Waals surface area contributed by atoms with Crippen molar-refractivity contribution in [1.29, 1.82) is 0 Å². The summed E-state index contributed by atoms with van der Waals surface area (Å²) in [5.41, 5.74) is 0.738. The second-order valence-corrected chi connectivity index (χ2v) is 6.86. The van der Waals surface area contributed by atoms with Crippen molar-refractivity contribution in [3.8, 4) is 0 Å². The third kappa shape index (κ3) is 3.03. The van der Waals surface area contributed by atoms with Gasteiger partial charge in [-0.15, -0.1) is 0 Å². The number of imidazole rings is 1. The number of fused-ring (bicyclic) bond motifs is 1.